The van der Waals surface area contributed by atoms with E-state index in [-0.39, 0.29) is 28.8 Å². The molecule has 7 aromatic rings. The molecule has 328 valence electrons. The Morgan fingerprint density at radius 1 is 0.364 bits per heavy atom. The van der Waals surface area contributed by atoms with Gasteiger partial charge < -0.3 is 14.2 Å². The Morgan fingerprint density at radius 3 is 1.15 bits per heavy atom. The molecule has 0 spiro atoms. The van der Waals surface area contributed by atoms with E-state index in [0.717, 1.165) is 5.56 Å². The van der Waals surface area contributed by atoms with E-state index in [1.54, 1.807) is 191 Å². The number of ether oxygens (including phenoxy) is 3. The van der Waals surface area contributed by atoms with Crippen molar-refractivity contribution < 1.29 is 43.0 Å². The molecule has 0 aromatic heterocycles. The average molecular weight is 875 g/mol. The van der Waals surface area contributed by atoms with Gasteiger partial charge in [0.25, 0.3) is 0 Å². The van der Waals surface area contributed by atoms with Crippen molar-refractivity contribution >= 4 is 47.4 Å². The SMILES string of the molecule is CC(=O)c1cccc(C(C)C(=O)Oc2cc(C=Cc3ccc(OC(=O)C(C)c4cccc(C(=O)c5ccccc5)c4)cc3)cc(OC(=O)C(C)c3cccc(C(=O)c4ccccc4)c3)c2)c1. The van der Waals surface area contributed by atoms with Crippen LogP contribution >= 0.6 is 0 Å². The molecule has 0 bridgehead atoms. The van der Waals surface area contributed by atoms with Crippen LogP contribution in [-0.4, -0.2) is 35.3 Å². The van der Waals surface area contributed by atoms with E-state index < -0.39 is 35.7 Å². The largest absolute Gasteiger partial charge is 0.426 e. The van der Waals surface area contributed by atoms with Crippen LogP contribution in [0.1, 0.15) is 115 Å². The van der Waals surface area contributed by atoms with E-state index in [0.29, 0.717) is 55.8 Å². The summed E-state index contributed by atoms with van der Waals surface area (Å²) < 4.78 is 17.5. The zero-order chi connectivity index (χ0) is 46.7. The van der Waals surface area contributed by atoms with E-state index in [4.69, 9.17) is 14.2 Å². The normalized spacial score (nSPS) is 12.4. The van der Waals surface area contributed by atoms with Crippen LogP contribution in [0.5, 0.6) is 17.2 Å². The molecule has 3 atom stereocenters. The van der Waals surface area contributed by atoms with Crippen LogP contribution in [0.25, 0.3) is 12.2 Å². The fraction of sp³-hybridized carbons (Fsp3) is 0.123. The predicted molar refractivity (Wildman–Crippen MR) is 253 cm³/mol. The summed E-state index contributed by atoms with van der Waals surface area (Å²) in [6.07, 6.45) is 3.55. The lowest BCUT2D eigenvalue weighted by atomic mass is 9.96. The molecule has 0 saturated carbocycles. The van der Waals surface area contributed by atoms with Crippen molar-refractivity contribution in [2.75, 3.05) is 0 Å². The number of Topliss-reactive ketones (excluding diaryl/α,β-unsaturated/α-hetero) is 1. The first-order chi connectivity index (χ1) is 31.8. The topological polar surface area (TPSA) is 130 Å². The van der Waals surface area contributed by atoms with Crippen molar-refractivity contribution in [3.63, 3.8) is 0 Å². The maximum Gasteiger partial charge on any atom is 0.318 e. The van der Waals surface area contributed by atoms with Gasteiger partial charge >= 0.3 is 17.9 Å². The van der Waals surface area contributed by atoms with Crippen molar-refractivity contribution in [2.24, 2.45) is 0 Å². The molecule has 9 nitrogen and oxygen atoms in total. The van der Waals surface area contributed by atoms with Gasteiger partial charge in [-0.15, -0.1) is 0 Å². The lowest BCUT2D eigenvalue weighted by Gasteiger charge is -2.15. The fourth-order valence-electron chi connectivity index (χ4n) is 7.11. The minimum atomic E-state index is -0.767. The Hall–Kier alpha value is -8.30. The first kappa shape index (κ1) is 45.7. The van der Waals surface area contributed by atoms with E-state index in [1.807, 2.05) is 12.1 Å². The van der Waals surface area contributed by atoms with E-state index >= 15 is 0 Å². The second-order valence-electron chi connectivity index (χ2n) is 15.9. The molecule has 0 amide bonds. The highest BCUT2D eigenvalue weighted by Crippen LogP contribution is 2.30. The fourth-order valence-corrected chi connectivity index (χ4v) is 7.11. The number of esters is 3. The van der Waals surface area contributed by atoms with Crippen molar-refractivity contribution in [1.82, 2.24) is 0 Å². The summed E-state index contributed by atoms with van der Waals surface area (Å²) in [6.45, 7) is 6.54. The molecule has 0 radical (unpaired) electrons. The summed E-state index contributed by atoms with van der Waals surface area (Å²) >= 11 is 0. The highest BCUT2D eigenvalue weighted by Gasteiger charge is 2.23. The van der Waals surface area contributed by atoms with Crippen LogP contribution in [0.3, 0.4) is 0 Å². The molecule has 7 aromatic carbocycles. The van der Waals surface area contributed by atoms with Gasteiger partial charge in [-0.25, -0.2) is 0 Å². The first-order valence-electron chi connectivity index (χ1n) is 21.4. The molecule has 0 fully saturated rings. The summed E-state index contributed by atoms with van der Waals surface area (Å²) in [7, 11) is 0. The van der Waals surface area contributed by atoms with Crippen LogP contribution in [-0.2, 0) is 14.4 Å². The molecule has 9 heteroatoms. The number of carbonyl (C=O) groups is 6. The molecule has 66 heavy (non-hydrogen) atoms. The minimum absolute atomic E-state index is 0.117. The first-order valence-corrected chi connectivity index (χ1v) is 21.4. The summed E-state index contributed by atoms with van der Waals surface area (Å²) in [6, 6.07) is 50.0. The van der Waals surface area contributed by atoms with Crippen LogP contribution in [0.2, 0.25) is 0 Å². The van der Waals surface area contributed by atoms with Crippen molar-refractivity contribution in [1.29, 1.82) is 0 Å². The van der Waals surface area contributed by atoms with Gasteiger partial charge in [0.15, 0.2) is 17.3 Å². The van der Waals surface area contributed by atoms with Crippen LogP contribution < -0.4 is 14.2 Å². The summed E-state index contributed by atoms with van der Waals surface area (Å²) in [5.74, 6) is -3.70. The lowest BCUT2D eigenvalue weighted by Crippen LogP contribution is -2.18. The molecule has 0 aliphatic heterocycles. The summed E-state index contributed by atoms with van der Waals surface area (Å²) in [5, 5.41) is 0. The van der Waals surface area contributed by atoms with Gasteiger partial charge in [-0.1, -0.05) is 140 Å². The summed E-state index contributed by atoms with van der Waals surface area (Å²) in [5.41, 5.74) is 5.58. The number of carbonyl (C=O) groups excluding carboxylic acids is 6. The van der Waals surface area contributed by atoms with Crippen LogP contribution in [0.4, 0.5) is 0 Å². The zero-order valence-electron chi connectivity index (χ0n) is 36.8. The molecular weight excluding hydrogens is 829 g/mol. The molecule has 0 saturated heterocycles. The second kappa shape index (κ2) is 20.9. The van der Waals surface area contributed by atoms with Gasteiger partial charge in [0, 0.05) is 33.9 Å². The van der Waals surface area contributed by atoms with Gasteiger partial charge in [-0.05, 0) is 98.0 Å². The number of hydrogen-bond acceptors (Lipinski definition) is 9. The molecule has 3 unspecified atom stereocenters. The number of hydrogen-bond donors (Lipinski definition) is 0. The van der Waals surface area contributed by atoms with Gasteiger partial charge in [0.1, 0.15) is 17.2 Å². The number of rotatable bonds is 16. The molecule has 0 aliphatic carbocycles. The summed E-state index contributed by atoms with van der Waals surface area (Å²) in [4.78, 5) is 78.7. The van der Waals surface area contributed by atoms with Gasteiger partial charge in [0.05, 0.1) is 17.8 Å². The molecule has 7 rings (SSSR count). The maximum absolute atomic E-state index is 13.7. The molecule has 0 heterocycles. The van der Waals surface area contributed by atoms with Crippen molar-refractivity contribution in [3.05, 3.63) is 232 Å². The number of ketones is 3. The Balaban J connectivity index is 1.07. The monoisotopic (exact) mass is 874 g/mol. The van der Waals surface area contributed by atoms with Crippen molar-refractivity contribution in [3.8, 4) is 17.2 Å². The molecule has 0 N–H and O–H groups in total. The van der Waals surface area contributed by atoms with E-state index in [2.05, 4.69) is 0 Å². The second-order valence-corrected chi connectivity index (χ2v) is 15.9. The Bertz CT molecular complexity index is 2950. The Kier molecular flexibility index (Phi) is 14.5. The highest BCUT2D eigenvalue weighted by atomic mass is 16.5. The lowest BCUT2D eigenvalue weighted by molar-refractivity contribution is -0.136. The standard InChI is InChI=1S/C57H46O9/c1-36(44-18-11-21-47(32-44)39(4)58)56(62)65-51-30-41(31-52(35-51)66-57(63)38(3)46-20-13-23-49(34-46)54(60)43-16-9-6-10-17-43)25-24-40-26-28-50(29-27-40)64-55(61)37(2)45-19-12-22-48(33-45)53(59)42-14-7-5-8-15-42/h5-38H,1-4H3. The Labute approximate surface area is 383 Å². The van der Waals surface area contributed by atoms with Gasteiger partial charge in [-0.3, -0.25) is 28.8 Å². The smallest absolute Gasteiger partial charge is 0.318 e. The van der Waals surface area contributed by atoms with Crippen LogP contribution in [0, 0.1) is 0 Å². The van der Waals surface area contributed by atoms with Crippen molar-refractivity contribution in [2.45, 2.75) is 45.4 Å². The Morgan fingerprint density at radius 2 is 0.727 bits per heavy atom. The van der Waals surface area contributed by atoms with E-state index in [9.17, 15) is 28.8 Å². The molecule has 0 aliphatic rings. The third kappa shape index (κ3) is 11.4. The average Bonchev–Trinajstić information content (AvgIpc) is 3.35. The third-order valence-corrected chi connectivity index (χ3v) is 11.1. The molecular formula is C57H46O9. The van der Waals surface area contributed by atoms with Gasteiger partial charge in [-0.2, -0.15) is 0 Å². The third-order valence-electron chi connectivity index (χ3n) is 11.1. The highest BCUT2D eigenvalue weighted by molar-refractivity contribution is 6.10. The predicted octanol–water partition coefficient (Wildman–Crippen LogP) is 11.6. The maximum atomic E-state index is 13.7. The van der Waals surface area contributed by atoms with Gasteiger partial charge in [0.2, 0.25) is 0 Å². The minimum Gasteiger partial charge on any atom is -0.426 e. The zero-order valence-corrected chi connectivity index (χ0v) is 36.8. The van der Waals surface area contributed by atoms with E-state index in [1.165, 1.54) is 13.0 Å². The quantitative estimate of drug-likeness (QED) is 0.0403. The number of benzene rings is 7. The van der Waals surface area contributed by atoms with Crippen LogP contribution in [0.15, 0.2) is 176 Å².